The zero-order chi connectivity index (χ0) is 21.8. The first-order valence-electron chi connectivity index (χ1n) is 11.6. The van der Waals surface area contributed by atoms with E-state index in [1.807, 2.05) is 6.20 Å². The molecule has 0 N–H and O–H groups in total. The van der Waals surface area contributed by atoms with E-state index < -0.39 is 0 Å². The van der Waals surface area contributed by atoms with Crippen molar-refractivity contribution in [2.45, 2.75) is 110 Å². The molecular weight excluding hydrogens is 378 g/mol. The van der Waals surface area contributed by atoms with E-state index in [1.54, 1.807) is 0 Å². The van der Waals surface area contributed by atoms with E-state index in [-0.39, 0.29) is 11.2 Å². The summed E-state index contributed by atoms with van der Waals surface area (Å²) in [7, 11) is 0. The molecule has 0 atom stereocenters. The fraction of sp³-hybridized carbons (Fsp3) is 0.833. The minimum absolute atomic E-state index is 0.0594. The number of piperidine rings is 1. The highest BCUT2D eigenvalue weighted by Gasteiger charge is 2.35. The van der Waals surface area contributed by atoms with Crippen molar-refractivity contribution in [1.29, 1.82) is 0 Å². The Hall–Kier alpha value is -1.24. The lowest BCUT2D eigenvalue weighted by molar-refractivity contribution is -0.164. The van der Waals surface area contributed by atoms with Crippen LogP contribution in [0.15, 0.2) is 12.3 Å². The van der Waals surface area contributed by atoms with E-state index in [2.05, 4.69) is 62.7 Å². The van der Waals surface area contributed by atoms with E-state index in [1.165, 1.54) is 5.56 Å². The van der Waals surface area contributed by atoms with E-state index in [0.29, 0.717) is 18.3 Å². The maximum absolute atomic E-state index is 6.32. The number of anilines is 1. The summed E-state index contributed by atoms with van der Waals surface area (Å²) >= 11 is 0. The largest absolute Gasteiger partial charge is 0.376 e. The molecule has 6 nitrogen and oxygen atoms in total. The van der Waals surface area contributed by atoms with E-state index >= 15 is 0 Å². The number of aromatic nitrogens is 2. The Labute approximate surface area is 182 Å². The highest BCUT2D eigenvalue weighted by atomic mass is 16.5. The smallest absolute Gasteiger partial charge is 0.151 e. The van der Waals surface area contributed by atoms with E-state index in [4.69, 9.17) is 14.2 Å². The molecule has 3 rings (SSSR count). The second-order valence-corrected chi connectivity index (χ2v) is 10.8. The maximum atomic E-state index is 6.32. The number of hydrogen-bond acceptors (Lipinski definition) is 6. The quantitative estimate of drug-likeness (QED) is 0.576. The first-order valence-corrected chi connectivity index (χ1v) is 11.6. The monoisotopic (exact) mass is 419 g/mol. The van der Waals surface area contributed by atoms with Gasteiger partial charge in [-0.1, -0.05) is 0 Å². The molecule has 0 bridgehead atoms. The van der Waals surface area contributed by atoms with Crippen LogP contribution < -0.4 is 4.90 Å². The van der Waals surface area contributed by atoms with Gasteiger partial charge in [0.1, 0.15) is 0 Å². The first-order chi connectivity index (χ1) is 14.1. The van der Waals surface area contributed by atoms with Gasteiger partial charge in [-0.3, -0.25) is 0 Å². The minimum Gasteiger partial charge on any atom is -0.376 e. The summed E-state index contributed by atoms with van der Waals surface area (Å²) in [5, 5.41) is 8.61. The third kappa shape index (κ3) is 7.78. The standard InChI is InChI=1S/C24H41N3O3/c1-23(2,3)28-13-7-8-18-14-22(26-25-17-18)27-11-9-19(10-12-27)29-20-15-21(16-20)30-24(4,5)6/h14,17,19-21H,7-13,15-16H2,1-6H3. The summed E-state index contributed by atoms with van der Waals surface area (Å²) in [6.07, 6.45) is 9.09. The topological polar surface area (TPSA) is 56.7 Å². The zero-order valence-corrected chi connectivity index (χ0v) is 19.8. The molecule has 1 aromatic heterocycles. The maximum Gasteiger partial charge on any atom is 0.151 e. The summed E-state index contributed by atoms with van der Waals surface area (Å²) in [5.41, 5.74) is 1.10. The number of nitrogens with zero attached hydrogens (tertiary/aromatic N) is 3. The van der Waals surface area contributed by atoms with Gasteiger partial charge in [-0.2, -0.15) is 5.10 Å². The summed E-state index contributed by atoms with van der Waals surface area (Å²) in [4.78, 5) is 2.34. The molecule has 170 valence electrons. The van der Waals surface area contributed by atoms with Crippen LogP contribution in [-0.4, -0.2) is 59.4 Å². The molecule has 1 aliphatic carbocycles. The Morgan fingerprint density at radius 1 is 0.967 bits per heavy atom. The van der Waals surface area contributed by atoms with Gasteiger partial charge in [0.15, 0.2) is 5.82 Å². The predicted octanol–water partition coefficient (Wildman–Crippen LogP) is 4.56. The molecule has 6 heteroatoms. The van der Waals surface area contributed by atoms with Crippen LogP contribution >= 0.6 is 0 Å². The number of hydrogen-bond donors (Lipinski definition) is 0. The van der Waals surface area contributed by atoms with Gasteiger partial charge in [0.05, 0.1) is 35.7 Å². The molecule has 0 aromatic carbocycles. The van der Waals surface area contributed by atoms with Crippen molar-refractivity contribution in [2.24, 2.45) is 0 Å². The summed E-state index contributed by atoms with van der Waals surface area (Å²) in [6.45, 7) is 15.4. The SMILES string of the molecule is CC(C)(C)OCCCc1cnnc(N2CCC(OC3CC(OC(C)(C)C)C3)CC2)c1. The molecule has 2 fully saturated rings. The summed E-state index contributed by atoms with van der Waals surface area (Å²) in [5.74, 6) is 0.991. The second-order valence-electron chi connectivity index (χ2n) is 10.8. The van der Waals surface area contributed by atoms with Crippen LogP contribution in [0.2, 0.25) is 0 Å². The van der Waals surface area contributed by atoms with Crippen LogP contribution in [0, 0.1) is 0 Å². The van der Waals surface area contributed by atoms with Crippen molar-refractivity contribution in [3.63, 3.8) is 0 Å². The zero-order valence-electron chi connectivity index (χ0n) is 19.8. The third-order valence-corrected chi connectivity index (χ3v) is 5.57. The van der Waals surface area contributed by atoms with Gasteiger partial charge in [-0.05, 0) is 91.7 Å². The van der Waals surface area contributed by atoms with Gasteiger partial charge in [-0.15, -0.1) is 5.10 Å². The molecule has 2 heterocycles. The van der Waals surface area contributed by atoms with Crippen LogP contribution in [0.3, 0.4) is 0 Å². The Kier molecular flexibility index (Phi) is 7.75. The number of aryl methyl sites for hydroxylation is 1. The van der Waals surface area contributed by atoms with Crippen molar-refractivity contribution in [3.8, 4) is 0 Å². The lowest BCUT2D eigenvalue weighted by Crippen LogP contribution is -2.45. The molecule has 0 radical (unpaired) electrons. The molecule has 0 spiro atoms. The molecule has 0 amide bonds. The average molecular weight is 420 g/mol. The fourth-order valence-corrected chi connectivity index (χ4v) is 4.06. The van der Waals surface area contributed by atoms with E-state index in [9.17, 15) is 0 Å². The molecule has 2 aliphatic rings. The Bertz CT molecular complexity index is 654. The van der Waals surface area contributed by atoms with Crippen LogP contribution in [0.25, 0.3) is 0 Å². The van der Waals surface area contributed by atoms with E-state index in [0.717, 1.165) is 64.0 Å². The van der Waals surface area contributed by atoms with Gasteiger partial charge < -0.3 is 19.1 Å². The van der Waals surface area contributed by atoms with Crippen molar-refractivity contribution in [2.75, 3.05) is 24.6 Å². The first kappa shape index (κ1) is 23.4. The van der Waals surface area contributed by atoms with Crippen LogP contribution in [0.5, 0.6) is 0 Å². The van der Waals surface area contributed by atoms with Gasteiger partial charge in [0.2, 0.25) is 0 Å². The lowest BCUT2D eigenvalue weighted by Gasteiger charge is -2.42. The number of rotatable bonds is 8. The molecule has 30 heavy (non-hydrogen) atoms. The highest BCUT2D eigenvalue weighted by Crippen LogP contribution is 2.32. The molecule has 1 aliphatic heterocycles. The molecule has 1 saturated carbocycles. The van der Waals surface area contributed by atoms with Crippen molar-refractivity contribution < 1.29 is 14.2 Å². The van der Waals surface area contributed by atoms with Gasteiger partial charge in [-0.25, -0.2) is 0 Å². The Morgan fingerprint density at radius 2 is 1.67 bits per heavy atom. The number of ether oxygens (including phenoxy) is 3. The normalized spacial score (nSPS) is 23.5. The summed E-state index contributed by atoms with van der Waals surface area (Å²) < 4.78 is 18.2. The third-order valence-electron chi connectivity index (χ3n) is 5.57. The van der Waals surface area contributed by atoms with Crippen LogP contribution in [0.1, 0.15) is 79.2 Å². The second kappa shape index (κ2) is 9.92. The van der Waals surface area contributed by atoms with Gasteiger partial charge in [0, 0.05) is 19.7 Å². The minimum atomic E-state index is -0.0753. The lowest BCUT2D eigenvalue weighted by atomic mass is 9.90. The Morgan fingerprint density at radius 3 is 2.30 bits per heavy atom. The van der Waals surface area contributed by atoms with Crippen molar-refractivity contribution in [3.05, 3.63) is 17.8 Å². The van der Waals surface area contributed by atoms with Gasteiger partial charge >= 0.3 is 0 Å². The summed E-state index contributed by atoms with van der Waals surface area (Å²) in [6, 6.07) is 2.19. The van der Waals surface area contributed by atoms with Crippen molar-refractivity contribution >= 4 is 5.82 Å². The highest BCUT2D eigenvalue weighted by molar-refractivity contribution is 5.40. The van der Waals surface area contributed by atoms with Crippen LogP contribution in [0.4, 0.5) is 5.82 Å². The average Bonchev–Trinajstić information content (AvgIpc) is 2.63. The Balaban J connectivity index is 1.37. The fourth-order valence-electron chi connectivity index (χ4n) is 4.06. The molecule has 1 saturated heterocycles. The van der Waals surface area contributed by atoms with Crippen molar-refractivity contribution in [1.82, 2.24) is 10.2 Å². The predicted molar refractivity (Wildman–Crippen MR) is 120 cm³/mol. The molecular formula is C24H41N3O3. The van der Waals surface area contributed by atoms with Gasteiger partial charge in [0.25, 0.3) is 0 Å². The molecule has 1 aromatic rings. The molecule has 0 unspecified atom stereocenters. The van der Waals surface area contributed by atoms with Crippen LogP contribution in [-0.2, 0) is 20.6 Å².